The molecule has 0 aromatic heterocycles. The second kappa shape index (κ2) is 2.49. The Kier molecular flexibility index (Phi) is 2.98. The molecule has 0 aromatic carbocycles. The van der Waals surface area contributed by atoms with Gasteiger partial charge in [-0.05, 0) is 31.0 Å². The lowest BCUT2D eigenvalue weighted by Crippen LogP contribution is -1.57. The van der Waals surface area contributed by atoms with Crippen LogP contribution in [0.3, 0.4) is 0 Å². The van der Waals surface area contributed by atoms with Crippen molar-refractivity contribution in [2.24, 2.45) is 0 Å². The van der Waals surface area contributed by atoms with Gasteiger partial charge in [0.25, 0.3) is 0 Å². The summed E-state index contributed by atoms with van der Waals surface area (Å²) in [6.45, 7) is 1.85. The lowest BCUT2D eigenvalue weighted by Gasteiger charge is -1.89. The maximum absolute atomic E-state index is 10.4. The smallest absolute Gasteiger partial charge is 0.207 e. The van der Waals surface area contributed by atoms with Crippen molar-refractivity contribution < 1.29 is 4.57 Å². The van der Waals surface area contributed by atoms with Gasteiger partial charge >= 0.3 is 0 Å². The van der Waals surface area contributed by atoms with Crippen LogP contribution in [-0.2, 0) is 4.57 Å². The first-order valence-corrected chi connectivity index (χ1v) is 7.47. The maximum atomic E-state index is 10.4. The lowest BCUT2D eigenvalue weighted by atomic mass is 11.0. The molecular formula is C2H5Br2OP. The Bertz CT molecular complexity index is 75.6. The Morgan fingerprint density at radius 3 is 1.83 bits per heavy atom. The fourth-order valence-electron chi connectivity index (χ4n) is 0. The second-order valence-corrected chi connectivity index (χ2v) is 12.4. The largest absolute Gasteiger partial charge is 0.300 e. The summed E-state index contributed by atoms with van der Waals surface area (Å²) in [6.07, 6.45) is 0.660. The van der Waals surface area contributed by atoms with Crippen LogP contribution < -0.4 is 0 Å². The molecule has 0 fully saturated rings. The third kappa shape index (κ3) is 5.19. The summed E-state index contributed by atoms with van der Waals surface area (Å²) in [6, 6.07) is 0. The van der Waals surface area contributed by atoms with Gasteiger partial charge in [-0.2, -0.15) is 0 Å². The summed E-state index contributed by atoms with van der Waals surface area (Å²) in [5.74, 6) is 0. The Hall–Kier alpha value is 1.19. The second-order valence-electron chi connectivity index (χ2n) is 0.886. The van der Waals surface area contributed by atoms with Crippen LogP contribution in [0.4, 0.5) is 0 Å². The summed E-state index contributed by atoms with van der Waals surface area (Å²) in [4.78, 5) is 0. The number of hydrogen-bond donors (Lipinski definition) is 0. The Balaban J connectivity index is 3.48. The Labute approximate surface area is 53.4 Å². The van der Waals surface area contributed by atoms with Gasteiger partial charge in [-0.25, -0.2) is 0 Å². The van der Waals surface area contributed by atoms with Gasteiger partial charge in [0, 0.05) is 6.16 Å². The van der Waals surface area contributed by atoms with E-state index in [4.69, 9.17) is 0 Å². The van der Waals surface area contributed by atoms with E-state index in [-0.39, 0.29) is 0 Å². The van der Waals surface area contributed by atoms with Crippen molar-refractivity contribution in [3.05, 3.63) is 0 Å². The Morgan fingerprint density at radius 2 is 1.83 bits per heavy atom. The van der Waals surface area contributed by atoms with E-state index < -0.39 is 4.55 Å². The summed E-state index contributed by atoms with van der Waals surface area (Å²) < 4.78 is 8.40. The van der Waals surface area contributed by atoms with E-state index in [1.165, 1.54) is 0 Å². The highest BCUT2D eigenvalue weighted by Crippen LogP contribution is 2.60. The van der Waals surface area contributed by atoms with Crippen molar-refractivity contribution in [1.29, 1.82) is 0 Å². The van der Waals surface area contributed by atoms with Gasteiger partial charge < -0.3 is 0 Å². The van der Waals surface area contributed by atoms with Crippen LogP contribution in [0.1, 0.15) is 6.92 Å². The molecule has 0 spiro atoms. The molecule has 0 N–H and O–H groups in total. The molecule has 0 aromatic rings. The number of halogens is 2. The molecule has 0 aliphatic carbocycles. The molecule has 0 rings (SSSR count). The highest BCUT2D eigenvalue weighted by atomic mass is 79.9. The van der Waals surface area contributed by atoms with Crippen LogP contribution in [0.2, 0.25) is 0 Å². The minimum absolute atomic E-state index is 0.660. The van der Waals surface area contributed by atoms with E-state index in [9.17, 15) is 4.57 Å². The van der Waals surface area contributed by atoms with E-state index in [1.807, 2.05) is 6.92 Å². The SMILES string of the molecule is CCP(=O)(Br)Br. The van der Waals surface area contributed by atoms with E-state index in [2.05, 4.69) is 31.0 Å². The molecule has 6 heavy (non-hydrogen) atoms. The highest BCUT2D eigenvalue weighted by Gasteiger charge is 2.04. The maximum Gasteiger partial charge on any atom is 0.207 e. The fourth-order valence-corrected chi connectivity index (χ4v) is 0. The number of hydrogen-bond acceptors (Lipinski definition) is 1. The molecule has 4 heteroatoms. The standard InChI is InChI=1S/C2H5Br2OP/c1-2-6(3,4)5/h2H2,1H3. The molecular weight excluding hydrogens is 231 g/mol. The zero-order chi connectivity index (χ0) is 5.21. The van der Waals surface area contributed by atoms with Crippen LogP contribution in [-0.4, -0.2) is 6.16 Å². The van der Waals surface area contributed by atoms with Gasteiger partial charge in [-0.1, -0.05) is 6.92 Å². The van der Waals surface area contributed by atoms with Crippen LogP contribution >= 0.6 is 35.5 Å². The minimum atomic E-state index is -2.02. The van der Waals surface area contributed by atoms with Gasteiger partial charge in [0.15, 0.2) is 0 Å². The first kappa shape index (κ1) is 7.19. The predicted octanol–water partition coefficient (Wildman–Crippen LogP) is 2.99. The highest BCUT2D eigenvalue weighted by molar-refractivity contribution is 9.70. The monoisotopic (exact) mass is 234 g/mol. The summed E-state index contributed by atoms with van der Waals surface area (Å²) in [7, 11) is 0. The molecule has 0 heterocycles. The minimum Gasteiger partial charge on any atom is -0.300 e. The van der Waals surface area contributed by atoms with Gasteiger partial charge in [-0.15, -0.1) is 0 Å². The fraction of sp³-hybridized carbons (Fsp3) is 1.00. The first-order chi connectivity index (χ1) is 2.56. The van der Waals surface area contributed by atoms with Crippen molar-refractivity contribution >= 4 is 35.5 Å². The molecule has 0 bridgehead atoms. The third-order valence-electron chi connectivity index (χ3n) is 0.368. The van der Waals surface area contributed by atoms with E-state index in [0.29, 0.717) is 6.16 Å². The molecule has 0 atom stereocenters. The van der Waals surface area contributed by atoms with Crippen LogP contribution in [0.15, 0.2) is 0 Å². The topological polar surface area (TPSA) is 17.1 Å². The average molecular weight is 236 g/mol. The lowest BCUT2D eigenvalue weighted by molar-refractivity contribution is 0.595. The normalized spacial score (nSPS) is 11.8. The summed E-state index contributed by atoms with van der Waals surface area (Å²) in [5, 5.41) is 0. The van der Waals surface area contributed by atoms with Gasteiger partial charge in [0.05, 0.1) is 0 Å². The van der Waals surface area contributed by atoms with Gasteiger partial charge in [0.2, 0.25) is 4.55 Å². The van der Waals surface area contributed by atoms with E-state index in [0.717, 1.165) is 0 Å². The summed E-state index contributed by atoms with van der Waals surface area (Å²) >= 11 is 5.90. The van der Waals surface area contributed by atoms with Crippen molar-refractivity contribution in [3.8, 4) is 0 Å². The van der Waals surface area contributed by atoms with Gasteiger partial charge in [0.1, 0.15) is 0 Å². The van der Waals surface area contributed by atoms with E-state index >= 15 is 0 Å². The predicted molar refractivity (Wildman–Crippen MR) is 36.0 cm³/mol. The molecule has 1 nitrogen and oxygen atoms in total. The van der Waals surface area contributed by atoms with Crippen molar-refractivity contribution in [2.45, 2.75) is 6.92 Å². The molecule has 0 aliphatic rings. The molecule has 0 saturated heterocycles. The zero-order valence-electron chi connectivity index (χ0n) is 3.32. The van der Waals surface area contributed by atoms with Crippen LogP contribution in [0.5, 0.6) is 0 Å². The van der Waals surface area contributed by atoms with Crippen LogP contribution in [0, 0.1) is 0 Å². The number of rotatable bonds is 1. The molecule has 0 saturated carbocycles. The van der Waals surface area contributed by atoms with E-state index in [1.54, 1.807) is 0 Å². The zero-order valence-corrected chi connectivity index (χ0v) is 7.38. The summed E-state index contributed by atoms with van der Waals surface area (Å²) in [5.41, 5.74) is 0. The first-order valence-electron chi connectivity index (χ1n) is 1.54. The molecule has 0 radical (unpaired) electrons. The quantitative estimate of drug-likeness (QED) is 0.639. The molecule has 0 aliphatic heterocycles. The van der Waals surface area contributed by atoms with Gasteiger partial charge in [-0.3, -0.25) is 4.57 Å². The van der Waals surface area contributed by atoms with Crippen LogP contribution in [0.25, 0.3) is 0 Å². The third-order valence-corrected chi connectivity index (χ3v) is 4.11. The molecule has 38 valence electrons. The average Bonchev–Trinajstić information content (AvgIpc) is 1.35. The Morgan fingerprint density at radius 1 is 1.67 bits per heavy atom. The molecule has 0 unspecified atom stereocenters. The van der Waals surface area contributed by atoms with Crippen molar-refractivity contribution in [1.82, 2.24) is 0 Å². The molecule has 0 amide bonds. The van der Waals surface area contributed by atoms with Crippen molar-refractivity contribution in [3.63, 3.8) is 0 Å². The van der Waals surface area contributed by atoms with Crippen molar-refractivity contribution in [2.75, 3.05) is 6.16 Å².